The van der Waals surface area contributed by atoms with Crippen LogP contribution >= 0.6 is 0 Å². The summed E-state index contributed by atoms with van der Waals surface area (Å²) >= 11 is 0. The maximum atomic E-state index is 8.74. The topological polar surface area (TPSA) is 98.7 Å². The van der Waals surface area contributed by atoms with Gasteiger partial charge >= 0.3 is 10.4 Å². The van der Waals surface area contributed by atoms with E-state index in [-0.39, 0.29) is 0 Å². The van der Waals surface area contributed by atoms with Crippen LogP contribution in [0.1, 0.15) is 29.6 Å². The standard InChI is InChI=1S/C15H16N2.H2O4S/c1-3-7-12(8-4-1)14-11-15(17-16-14)13-9-5-2-6-10-13;1-5(2,3)4/h1-10,14-17H,11H2;(H2,1,2,3,4). The zero-order chi connectivity index (χ0) is 16.0. The van der Waals surface area contributed by atoms with Gasteiger partial charge in [0.05, 0.1) is 0 Å². The van der Waals surface area contributed by atoms with Crippen LogP contribution in [0.25, 0.3) is 0 Å². The zero-order valence-corrected chi connectivity index (χ0v) is 12.6. The molecule has 1 fully saturated rings. The van der Waals surface area contributed by atoms with E-state index >= 15 is 0 Å². The lowest BCUT2D eigenvalue weighted by atomic mass is 9.98. The summed E-state index contributed by atoms with van der Waals surface area (Å²) in [5.74, 6) is 0. The second-order valence-electron chi connectivity index (χ2n) is 4.90. The number of rotatable bonds is 2. The lowest BCUT2D eigenvalue weighted by Crippen LogP contribution is -2.26. The lowest BCUT2D eigenvalue weighted by Gasteiger charge is -2.09. The van der Waals surface area contributed by atoms with Crippen LogP contribution in [0.3, 0.4) is 0 Å². The fourth-order valence-corrected chi connectivity index (χ4v) is 2.36. The molecule has 1 aliphatic heterocycles. The molecule has 1 heterocycles. The van der Waals surface area contributed by atoms with E-state index in [2.05, 4.69) is 71.5 Å². The summed E-state index contributed by atoms with van der Waals surface area (Å²) < 4.78 is 31.6. The van der Waals surface area contributed by atoms with Crippen LogP contribution in [0.15, 0.2) is 60.7 Å². The van der Waals surface area contributed by atoms with Crippen molar-refractivity contribution >= 4 is 10.4 Å². The van der Waals surface area contributed by atoms with Crippen LogP contribution < -0.4 is 10.9 Å². The molecule has 6 nitrogen and oxygen atoms in total. The predicted octanol–water partition coefficient (Wildman–Crippen LogP) is 2.31. The first-order valence-electron chi connectivity index (χ1n) is 6.74. The normalized spacial score (nSPS) is 21.0. The van der Waals surface area contributed by atoms with Gasteiger partial charge in [0, 0.05) is 12.1 Å². The third kappa shape index (κ3) is 5.55. The Kier molecular flexibility index (Phi) is 5.64. The van der Waals surface area contributed by atoms with Crippen LogP contribution in [0.2, 0.25) is 0 Å². The molecule has 0 bridgehead atoms. The SMILES string of the molecule is O=S(=O)(O)O.c1ccc(C2CC(c3ccccc3)NN2)cc1. The fraction of sp³-hybridized carbons (Fsp3) is 0.200. The fourth-order valence-electron chi connectivity index (χ4n) is 2.36. The summed E-state index contributed by atoms with van der Waals surface area (Å²) in [5, 5.41) is 0. The number of hydrazine groups is 1. The molecule has 3 rings (SSSR count). The van der Waals surface area contributed by atoms with Gasteiger partial charge in [0.25, 0.3) is 0 Å². The Labute approximate surface area is 129 Å². The molecule has 0 radical (unpaired) electrons. The Morgan fingerprint density at radius 2 is 1.09 bits per heavy atom. The van der Waals surface area contributed by atoms with Crippen molar-refractivity contribution in [1.82, 2.24) is 10.9 Å². The van der Waals surface area contributed by atoms with E-state index in [1.54, 1.807) is 0 Å². The van der Waals surface area contributed by atoms with Gasteiger partial charge in [0.1, 0.15) is 0 Å². The number of hydrogen-bond donors (Lipinski definition) is 4. The predicted molar refractivity (Wildman–Crippen MR) is 83.4 cm³/mol. The average Bonchev–Trinajstić information content (AvgIpc) is 2.97. The average molecular weight is 322 g/mol. The Bertz CT molecular complexity index is 624. The molecular weight excluding hydrogens is 304 g/mol. The molecule has 7 heteroatoms. The second kappa shape index (κ2) is 7.48. The molecule has 22 heavy (non-hydrogen) atoms. The van der Waals surface area contributed by atoms with E-state index in [1.165, 1.54) is 11.1 Å². The first-order chi connectivity index (χ1) is 10.4. The van der Waals surface area contributed by atoms with Crippen LogP contribution in [0.4, 0.5) is 0 Å². The third-order valence-electron chi connectivity index (χ3n) is 3.31. The van der Waals surface area contributed by atoms with E-state index < -0.39 is 10.4 Å². The monoisotopic (exact) mass is 322 g/mol. The van der Waals surface area contributed by atoms with Crippen molar-refractivity contribution < 1.29 is 17.5 Å². The van der Waals surface area contributed by atoms with Gasteiger partial charge in [-0.3, -0.25) is 9.11 Å². The van der Waals surface area contributed by atoms with Gasteiger partial charge in [-0.05, 0) is 17.5 Å². The molecule has 0 amide bonds. The highest BCUT2D eigenvalue weighted by atomic mass is 32.3. The summed E-state index contributed by atoms with van der Waals surface area (Å²) in [6.45, 7) is 0. The van der Waals surface area contributed by atoms with Crippen LogP contribution in [0.5, 0.6) is 0 Å². The number of nitrogens with one attached hydrogen (secondary N) is 2. The van der Waals surface area contributed by atoms with Crippen molar-refractivity contribution in [2.45, 2.75) is 18.5 Å². The van der Waals surface area contributed by atoms with Gasteiger partial charge in [-0.1, -0.05) is 60.7 Å². The highest BCUT2D eigenvalue weighted by Gasteiger charge is 2.25. The van der Waals surface area contributed by atoms with Crippen molar-refractivity contribution in [1.29, 1.82) is 0 Å². The van der Waals surface area contributed by atoms with Gasteiger partial charge in [-0.15, -0.1) is 0 Å². The Morgan fingerprint density at radius 3 is 1.41 bits per heavy atom. The molecule has 4 N–H and O–H groups in total. The first kappa shape index (κ1) is 16.6. The lowest BCUT2D eigenvalue weighted by molar-refractivity contribution is 0.381. The van der Waals surface area contributed by atoms with Crippen molar-refractivity contribution in [3.05, 3.63) is 71.8 Å². The molecule has 118 valence electrons. The summed E-state index contributed by atoms with van der Waals surface area (Å²) in [6.07, 6.45) is 1.09. The molecule has 2 unspecified atom stereocenters. The Morgan fingerprint density at radius 1 is 0.773 bits per heavy atom. The minimum atomic E-state index is -4.67. The quantitative estimate of drug-likeness (QED) is 0.633. The smallest absolute Gasteiger partial charge is 0.264 e. The van der Waals surface area contributed by atoms with Crippen LogP contribution in [-0.4, -0.2) is 17.5 Å². The maximum absolute atomic E-state index is 8.74. The van der Waals surface area contributed by atoms with Gasteiger partial charge in [0.15, 0.2) is 0 Å². The largest absolute Gasteiger partial charge is 0.394 e. The number of hydrogen-bond acceptors (Lipinski definition) is 4. The van der Waals surface area contributed by atoms with E-state index in [0.29, 0.717) is 12.1 Å². The molecule has 0 saturated carbocycles. The summed E-state index contributed by atoms with van der Waals surface area (Å²) in [4.78, 5) is 0. The molecule has 1 saturated heterocycles. The van der Waals surface area contributed by atoms with Crippen LogP contribution in [0, 0.1) is 0 Å². The molecule has 0 aliphatic carbocycles. The van der Waals surface area contributed by atoms with Gasteiger partial charge < -0.3 is 0 Å². The summed E-state index contributed by atoms with van der Waals surface area (Å²) in [7, 11) is -4.67. The Balaban J connectivity index is 0.000000309. The molecule has 0 aromatic heterocycles. The molecule has 2 aromatic carbocycles. The van der Waals surface area contributed by atoms with Gasteiger partial charge in [0.2, 0.25) is 0 Å². The molecule has 2 atom stereocenters. The van der Waals surface area contributed by atoms with E-state index in [0.717, 1.165) is 6.42 Å². The van der Waals surface area contributed by atoms with Crippen molar-refractivity contribution in [3.63, 3.8) is 0 Å². The molecular formula is C15H18N2O4S. The minimum Gasteiger partial charge on any atom is -0.264 e. The van der Waals surface area contributed by atoms with Crippen molar-refractivity contribution in [3.8, 4) is 0 Å². The van der Waals surface area contributed by atoms with Crippen LogP contribution in [-0.2, 0) is 10.4 Å². The summed E-state index contributed by atoms with van der Waals surface area (Å²) in [6, 6.07) is 22.0. The van der Waals surface area contributed by atoms with E-state index in [9.17, 15) is 0 Å². The van der Waals surface area contributed by atoms with Gasteiger partial charge in [-0.2, -0.15) is 8.42 Å². The maximum Gasteiger partial charge on any atom is 0.394 e. The Hall–Kier alpha value is -1.77. The molecule has 0 spiro atoms. The highest BCUT2D eigenvalue weighted by Crippen LogP contribution is 2.30. The first-order valence-corrected chi connectivity index (χ1v) is 8.14. The second-order valence-corrected chi connectivity index (χ2v) is 5.79. The molecule has 2 aromatic rings. The highest BCUT2D eigenvalue weighted by molar-refractivity contribution is 7.79. The van der Waals surface area contributed by atoms with Gasteiger partial charge in [-0.25, -0.2) is 10.9 Å². The van der Waals surface area contributed by atoms with E-state index in [1.807, 2.05) is 0 Å². The van der Waals surface area contributed by atoms with E-state index in [4.69, 9.17) is 17.5 Å². The third-order valence-corrected chi connectivity index (χ3v) is 3.31. The van der Waals surface area contributed by atoms with Crippen molar-refractivity contribution in [2.24, 2.45) is 0 Å². The zero-order valence-electron chi connectivity index (χ0n) is 11.8. The summed E-state index contributed by atoms with van der Waals surface area (Å²) in [5.41, 5.74) is 9.43. The minimum absolute atomic E-state index is 0.404. The number of benzene rings is 2. The van der Waals surface area contributed by atoms with Crippen molar-refractivity contribution in [2.75, 3.05) is 0 Å². The molecule has 1 aliphatic rings.